The van der Waals surface area contributed by atoms with Gasteiger partial charge in [-0.3, -0.25) is 9.59 Å². The normalized spacial score (nSPS) is 33.9. The van der Waals surface area contributed by atoms with Crippen molar-refractivity contribution < 1.29 is 49.8 Å². The molecule has 0 saturated carbocycles. The van der Waals surface area contributed by atoms with Crippen LogP contribution in [0.4, 0.5) is 0 Å². The van der Waals surface area contributed by atoms with Crippen LogP contribution in [0.2, 0.25) is 0 Å². The molecular weight excluding hydrogens is 628 g/mol. The fraction of sp³-hybridized carbons (Fsp3) is 0.667. The molecule has 1 aliphatic heterocycles. The predicted octanol–water partition coefficient (Wildman–Crippen LogP) is 4.89. The van der Waals surface area contributed by atoms with E-state index in [0.717, 1.165) is 32.1 Å². The van der Waals surface area contributed by atoms with E-state index in [2.05, 4.69) is 0 Å². The summed E-state index contributed by atoms with van der Waals surface area (Å²) in [5, 5.41) is 61.5. The summed E-state index contributed by atoms with van der Waals surface area (Å²) in [4.78, 5) is 37.3. The van der Waals surface area contributed by atoms with Crippen molar-refractivity contribution in [3.05, 3.63) is 60.3 Å². The lowest BCUT2D eigenvalue weighted by atomic mass is 9.96. The first-order chi connectivity index (χ1) is 23.3. The average molecular weight is 691 g/mol. The monoisotopic (exact) mass is 690 g/mol. The number of aliphatic hydroxyl groups excluding tert-OH is 6. The van der Waals surface area contributed by atoms with Gasteiger partial charge in [-0.25, -0.2) is 4.79 Å². The number of allylic oxidation sites excluding steroid dienone is 8. The number of hydrogen-bond acceptors (Lipinski definition) is 10. The first-order valence-corrected chi connectivity index (χ1v) is 17.9. The molecule has 278 valence electrons. The molecule has 0 fully saturated rings. The van der Waals surface area contributed by atoms with E-state index in [1.807, 2.05) is 32.1 Å². The van der Waals surface area contributed by atoms with Gasteiger partial charge in [0.25, 0.3) is 0 Å². The zero-order valence-corrected chi connectivity index (χ0v) is 29.7. The summed E-state index contributed by atoms with van der Waals surface area (Å²) in [6, 6.07) is 0. The second-order valence-electron chi connectivity index (χ2n) is 13.7. The summed E-state index contributed by atoms with van der Waals surface area (Å²) < 4.78 is 5.78. The van der Waals surface area contributed by atoms with Gasteiger partial charge in [-0.1, -0.05) is 87.8 Å². The summed E-state index contributed by atoms with van der Waals surface area (Å²) in [7, 11) is 0. The molecule has 0 spiro atoms. The van der Waals surface area contributed by atoms with E-state index in [1.54, 1.807) is 43.4 Å². The van der Waals surface area contributed by atoms with Gasteiger partial charge in [0.05, 0.1) is 36.6 Å². The molecule has 0 bridgehead atoms. The van der Waals surface area contributed by atoms with Gasteiger partial charge in [-0.15, -0.1) is 0 Å². The number of Topliss-reactive ketones (excluding diaryl/α,β-unsaturated/α-hetero) is 2. The average Bonchev–Trinajstić information content (AvgIpc) is 2.99. The van der Waals surface area contributed by atoms with Crippen molar-refractivity contribution >= 4 is 17.5 Å². The van der Waals surface area contributed by atoms with Crippen LogP contribution in [0, 0.1) is 5.92 Å². The second-order valence-corrected chi connectivity index (χ2v) is 13.7. The van der Waals surface area contributed by atoms with Gasteiger partial charge in [0.1, 0.15) is 17.7 Å². The fourth-order valence-corrected chi connectivity index (χ4v) is 5.63. The van der Waals surface area contributed by atoms with Crippen molar-refractivity contribution in [2.45, 2.75) is 160 Å². The van der Waals surface area contributed by atoms with Gasteiger partial charge in [0.2, 0.25) is 0 Å². The molecule has 6 N–H and O–H groups in total. The van der Waals surface area contributed by atoms with Crippen molar-refractivity contribution in [3.8, 4) is 0 Å². The Morgan fingerprint density at radius 1 is 0.592 bits per heavy atom. The SMILES string of the molecule is C\C1=C/C=C/C=C/C=C/C=C/C[C@H](O)C[C@H](O)C[C@H](O)C[C@@H](O)CC(=O)C[C@@H](O)C[C@H](O)CC(=O)CCCCCCC[C@H](C(C)C)OC1=O. The Kier molecular flexibility index (Phi) is 23.6. The van der Waals surface area contributed by atoms with Crippen LogP contribution in [0.1, 0.15) is 117 Å². The Balaban J connectivity index is 2.80. The molecule has 0 aromatic rings. The molecule has 0 unspecified atom stereocenters. The van der Waals surface area contributed by atoms with E-state index < -0.39 is 42.4 Å². The molecule has 10 heteroatoms. The number of ketones is 2. The summed E-state index contributed by atoms with van der Waals surface area (Å²) in [6.07, 6.45) is 14.2. The van der Waals surface area contributed by atoms with Gasteiger partial charge < -0.3 is 35.4 Å². The summed E-state index contributed by atoms with van der Waals surface area (Å²) in [6.45, 7) is 5.79. The molecule has 10 nitrogen and oxygen atoms in total. The first kappa shape index (κ1) is 44.3. The molecule has 0 amide bonds. The van der Waals surface area contributed by atoms with Crippen molar-refractivity contribution in [1.29, 1.82) is 0 Å². The van der Waals surface area contributed by atoms with Crippen LogP contribution in [-0.2, 0) is 19.1 Å². The Morgan fingerprint density at radius 2 is 1.06 bits per heavy atom. The van der Waals surface area contributed by atoms with E-state index >= 15 is 0 Å². The minimum atomic E-state index is -1.18. The Bertz CT molecular complexity index is 1110. The highest BCUT2D eigenvalue weighted by Gasteiger charge is 2.23. The fourth-order valence-electron chi connectivity index (χ4n) is 5.63. The first-order valence-electron chi connectivity index (χ1n) is 17.9. The Morgan fingerprint density at radius 3 is 1.67 bits per heavy atom. The number of ether oxygens (including phenoxy) is 1. The van der Waals surface area contributed by atoms with Crippen LogP contribution < -0.4 is 0 Å². The highest BCUT2D eigenvalue weighted by atomic mass is 16.5. The van der Waals surface area contributed by atoms with Gasteiger partial charge in [0.15, 0.2) is 0 Å². The van der Waals surface area contributed by atoms with E-state index in [4.69, 9.17) is 4.74 Å². The molecule has 0 saturated heterocycles. The molecule has 7 atom stereocenters. The van der Waals surface area contributed by atoms with Gasteiger partial charge in [-0.05, 0) is 57.8 Å². The van der Waals surface area contributed by atoms with E-state index in [0.29, 0.717) is 24.8 Å². The maximum atomic E-state index is 12.6. The van der Waals surface area contributed by atoms with E-state index in [-0.39, 0.29) is 68.7 Å². The molecule has 49 heavy (non-hydrogen) atoms. The topological polar surface area (TPSA) is 182 Å². The lowest BCUT2D eigenvalue weighted by Gasteiger charge is -2.21. The van der Waals surface area contributed by atoms with Crippen LogP contribution in [0.3, 0.4) is 0 Å². The number of hydrogen-bond donors (Lipinski definition) is 6. The molecule has 0 aromatic heterocycles. The molecule has 1 rings (SSSR count). The van der Waals surface area contributed by atoms with Crippen molar-refractivity contribution in [3.63, 3.8) is 0 Å². The molecule has 1 aliphatic rings. The zero-order valence-electron chi connectivity index (χ0n) is 29.7. The van der Waals surface area contributed by atoms with Crippen molar-refractivity contribution in [2.24, 2.45) is 5.92 Å². The Labute approximate surface area is 293 Å². The third kappa shape index (κ3) is 23.3. The summed E-state index contributed by atoms with van der Waals surface area (Å²) >= 11 is 0. The second kappa shape index (κ2) is 26.1. The van der Waals surface area contributed by atoms with Gasteiger partial charge >= 0.3 is 5.97 Å². The summed E-state index contributed by atoms with van der Waals surface area (Å²) in [5.41, 5.74) is 0.505. The quantitative estimate of drug-likeness (QED) is 0.207. The minimum absolute atomic E-state index is 0.0282. The van der Waals surface area contributed by atoms with E-state index in [9.17, 15) is 45.0 Å². The van der Waals surface area contributed by atoms with Crippen LogP contribution in [0.5, 0.6) is 0 Å². The smallest absolute Gasteiger partial charge is 0.333 e. The number of rotatable bonds is 1. The number of cyclic esters (lactones) is 1. The number of aliphatic hydroxyl groups is 6. The largest absolute Gasteiger partial charge is 0.459 e. The zero-order chi connectivity index (χ0) is 36.6. The van der Waals surface area contributed by atoms with Crippen molar-refractivity contribution in [1.82, 2.24) is 0 Å². The summed E-state index contributed by atoms with van der Waals surface area (Å²) in [5.74, 6) is -0.714. The van der Waals surface area contributed by atoms with E-state index in [1.165, 1.54) is 0 Å². The van der Waals surface area contributed by atoms with Crippen LogP contribution in [-0.4, -0.2) is 90.9 Å². The third-order valence-electron chi connectivity index (χ3n) is 8.39. The van der Waals surface area contributed by atoms with Crippen molar-refractivity contribution in [2.75, 3.05) is 0 Å². The highest BCUT2D eigenvalue weighted by Crippen LogP contribution is 2.19. The minimum Gasteiger partial charge on any atom is -0.459 e. The number of carbonyl (C=O) groups is 3. The maximum absolute atomic E-state index is 12.6. The lowest BCUT2D eigenvalue weighted by Crippen LogP contribution is -2.28. The lowest BCUT2D eigenvalue weighted by molar-refractivity contribution is -0.146. The molecule has 0 radical (unpaired) electrons. The number of esters is 1. The Hall–Kier alpha value is -2.73. The van der Waals surface area contributed by atoms with Crippen LogP contribution in [0.25, 0.3) is 0 Å². The molecular formula is C39H62O10. The van der Waals surface area contributed by atoms with Crippen LogP contribution >= 0.6 is 0 Å². The molecule has 1 heterocycles. The van der Waals surface area contributed by atoms with Crippen LogP contribution in [0.15, 0.2) is 60.3 Å². The predicted molar refractivity (Wildman–Crippen MR) is 190 cm³/mol. The third-order valence-corrected chi connectivity index (χ3v) is 8.39. The molecule has 0 aliphatic carbocycles. The maximum Gasteiger partial charge on any atom is 0.333 e. The van der Waals surface area contributed by atoms with Gasteiger partial charge in [-0.2, -0.15) is 0 Å². The molecule has 0 aromatic carbocycles. The highest BCUT2D eigenvalue weighted by molar-refractivity contribution is 5.88. The number of carbonyl (C=O) groups excluding carboxylic acids is 3. The standard InChI is InChI=1S/C39H62O10/c1-28(2)38-20-16-12-8-11-15-19-31(41)22-33(43)24-35(45)26-37(47)27-36(46)25-34(44)23-32(42)21-30(40)18-14-10-7-5-4-6-9-13-17-29(3)39(48)49-38/h4-7,9-10,13-14,17,28,30,32-36,38,40,42-46H,8,11-12,15-16,18-27H2,1-3H3/b6-4+,7-5+,13-9+,14-10+,29-17+/t30-,32-,33+,34-,35-,36+,38+/m0/s1. The van der Waals surface area contributed by atoms with Gasteiger partial charge in [0, 0.05) is 37.7 Å².